The molecule has 1 aliphatic rings. The summed E-state index contributed by atoms with van der Waals surface area (Å²) >= 11 is 0. The Morgan fingerprint density at radius 1 is 1.03 bits per heavy atom. The minimum Gasteiger partial charge on any atom is -0.497 e. The van der Waals surface area contributed by atoms with Gasteiger partial charge >= 0.3 is 0 Å². The zero-order valence-corrected chi connectivity index (χ0v) is 18.9. The van der Waals surface area contributed by atoms with Crippen molar-refractivity contribution in [3.8, 4) is 16.9 Å². The molecule has 0 radical (unpaired) electrons. The van der Waals surface area contributed by atoms with E-state index in [0.717, 1.165) is 39.8 Å². The number of rotatable bonds is 9. The van der Waals surface area contributed by atoms with Crippen LogP contribution in [0.5, 0.6) is 5.75 Å². The van der Waals surface area contributed by atoms with E-state index >= 15 is 0 Å². The van der Waals surface area contributed by atoms with Crippen molar-refractivity contribution >= 4 is 10.8 Å². The van der Waals surface area contributed by atoms with Gasteiger partial charge in [-0.2, -0.15) is 0 Å². The van der Waals surface area contributed by atoms with Crippen LogP contribution in [-0.2, 0) is 20.1 Å². The zero-order chi connectivity index (χ0) is 23.3. The Labute approximate surface area is 192 Å². The Kier molecular flexibility index (Phi) is 7.08. The molecule has 1 atom stereocenters. The quantitative estimate of drug-likeness (QED) is 0.273. The Hall–Kier alpha value is -3.20. The fourth-order valence-electron chi connectivity index (χ4n) is 4.07. The fraction of sp³-hybridized carbons (Fsp3) is 0.360. The molecule has 0 bridgehead atoms. The highest BCUT2D eigenvalue weighted by atomic mass is 16.9. The van der Waals surface area contributed by atoms with Gasteiger partial charge in [0.2, 0.25) is 5.79 Å². The molecule has 1 unspecified atom stereocenters. The van der Waals surface area contributed by atoms with Crippen LogP contribution >= 0.6 is 0 Å². The third-order valence-corrected chi connectivity index (χ3v) is 5.81. The second-order valence-electron chi connectivity index (χ2n) is 8.10. The summed E-state index contributed by atoms with van der Waals surface area (Å²) in [7, 11) is 3.69. The van der Waals surface area contributed by atoms with Crippen LogP contribution < -0.4 is 4.74 Å². The van der Waals surface area contributed by atoms with Crippen molar-refractivity contribution in [2.75, 3.05) is 47.1 Å². The van der Waals surface area contributed by atoms with Crippen molar-refractivity contribution < 1.29 is 24.1 Å². The average molecular weight is 453 g/mol. The first kappa shape index (κ1) is 23.0. The van der Waals surface area contributed by atoms with E-state index in [0.29, 0.717) is 19.6 Å². The van der Waals surface area contributed by atoms with Gasteiger partial charge in [-0.25, -0.2) is 0 Å². The van der Waals surface area contributed by atoms with Crippen LogP contribution in [0.1, 0.15) is 12.0 Å². The molecular formula is C25H28N2O6. The number of methoxy groups -OCH3 is 1. The summed E-state index contributed by atoms with van der Waals surface area (Å²) in [5.74, 6) is -0.0765. The molecule has 1 aliphatic heterocycles. The van der Waals surface area contributed by atoms with Crippen molar-refractivity contribution in [2.24, 2.45) is 0 Å². The second-order valence-corrected chi connectivity index (χ2v) is 8.10. The first-order valence-electron chi connectivity index (χ1n) is 10.9. The molecule has 8 heteroatoms. The van der Waals surface area contributed by atoms with Crippen LogP contribution in [0.25, 0.3) is 21.9 Å². The van der Waals surface area contributed by atoms with Crippen molar-refractivity contribution in [3.63, 3.8) is 0 Å². The Morgan fingerprint density at radius 2 is 1.76 bits per heavy atom. The van der Waals surface area contributed by atoms with E-state index in [4.69, 9.17) is 14.2 Å². The van der Waals surface area contributed by atoms with Crippen LogP contribution in [0, 0.1) is 10.1 Å². The zero-order valence-electron chi connectivity index (χ0n) is 18.9. The van der Waals surface area contributed by atoms with Crippen LogP contribution in [0.4, 0.5) is 0 Å². The molecule has 0 amide bonds. The highest BCUT2D eigenvalue weighted by Gasteiger charge is 2.38. The minimum absolute atomic E-state index is 0.00824. The van der Waals surface area contributed by atoms with E-state index in [9.17, 15) is 10.1 Å². The first-order chi connectivity index (χ1) is 16.0. The van der Waals surface area contributed by atoms with E-state index in [2.05, 4.69) is 46.1 Å². The number of hydrogen-bond donors (Lipinski definition) is 0. The van der Waals surface area contributed by atoms with Crippen LogP contribution in [0.15, 0.2) is 60.7 Å². The van der Waals surface area contributed by atoms with Gasteiger partial charge < -0.3 is 19.0 Å². The van der Waals surface area contributed by atoms with Gasteiger partial charge in [0.05, 0.1) is 33.5 Å². The largest absolute Gasteiger partial charge is 0.497 e. The maximum absolute atomic E-state index is 10.3. The third kappa shape index (κ3) is 5.42. The van der Waals surface area contributed by atoms with E-state index in [1.54, 1.807) is 7.11 Å². The van der Waals surface area contributed by atoms with Gasteiger partial charge in [-0.1, -0.05) is 42.5 Å². The number of hydrogen-bond acceptors (Lipinski definition) is 7. The normalized spacial score (nSPS) is 18.8. The van der Waals surface area contributed by atoms with Crippen molar-refractivity contribution in [3.05, 3.63) is 76.3 Å². The smallest absolute Gasteiger partial charge is 0.294 e. The number of ether oxygens (including phenoxy) is 3. The number of nitrogens with zero attached hydrogens (tertiary/aromatic N) is 2. The summed E-state index contributed by atoms with van der Waals surface area (Å²) in [6, 6.07) is 20.6. The Morgan fingerprint density at radius 3 is 2.48 bits per heavy atom. The molecule has 1 saturated heterocycles. The number of fused-ring (bicyclic) bond motifs is 1. The van der Waals surface area contributed by atoms with Crippen molar-refractivity contribution in [2.45, 2.75) is 12.2 Å². The second kappa shape index (κ2) is 10.2. The Bertz CT molecular complexity index is 1100. The Balaban J connectivity index is 1.53. The van der Waals surface area contributed by atoms with E-state index < -0.39 is 10.9 Å². The van der Waals surface area contributed by atoms with Gasteiger partial charge in [0.15, 0.2) is 0 Å². The van der Waals surface area contributed by atoms with Crippen molar-refractivity contribution in [1.29, 1.82) is 0 Å². The van der Waals surface area contributed by atoms with Gasteiger partial charge in [-0.3, -0.25) is 4.90 Å². The molecule has 1 fully saturated rings. The summed E-state index contributed by atoms with van der Waals surface area (Å²) < 4.78 is 17.6. The summed E-state index contributed by atoms with van der Waals surface area (Å²) in [5.41, 5.74) is 3.13. The lowest BCUT2D eigenvalue weighted by Crippen LogP contribution is -2.50. The predicted octanol–water partition coefficient (Wildman–Crippen LogP) is 4.25. The maximum atomic E-state index is 10.3. The third-order valence-electron chi connectivity index (χ3n) is 5.81. The van der Waals surface area contributed by atoms with Crippen molar-refractivity contribution in [1.82, 2.24) is 4.90 Å². The molecule has 0 aliphatic carbocycles. The lowest BCUT2D eigenvalue weighted by molar-refractivity contribution is -0.757. The highest BCUT2D eigenvalue weighted by molar-refractivity contribution is 5.88. The molecule has 33 heavy (non-hydrogen) atoms. The lowest BCUT2D eigenvalue weighted by Gasteiger charge is -2.41. The standard InChI is InChI=1S/C25H28N2O6/c1-26-12-15-32-25(18-26,31-13-3-14-33-27(28)29)23-9-6-19(7-10-23)20-4-5-22-17-24(30-2)11-8-21(22)16-20/h4-11,16-17H,3,12-15,18H2,1-2H3. The molecule has 1 heterocycles. The van der Waals surface area contributed by atoms with Crippen LogP contribution in [0.2, 0.25) is 0 Å². The van der Waals surface area contributed by atoms with Gasteiger partial charge in [-0.05, 0) is 53.6 Å². The average Bonchev–Trinajstić information content (AvgIpc) is 2.83. The summed E-state index contributed by atoms with van der Waals surface area (Å²) in [6.45, 7) is 2.21. The molecular weight excluding hydrogens is 424 g/mol. The summed E-state index contributed by atoms with van der Waals surface area (Å²) in [5, 5.41) is 11.8. The van der Waals surface area contributed by atoms with Gasteiger partial charge in [0.25, 0.3) is 5.09 Å². The lowest BCUT2D eigenvalue weighted by atomic mass is 9.97. The van der Waals surface area contributed by atoms with Gasteiger partial charge in [-0.15, -0.1) is 10.1 Å². The minimum atomic E-state index is -0.917. The van der Waals surface area contributed by atoms with Crippen LogP contribution in [0.3, 0.4) is 0 Å². The van der Waals surface area contributed by atoms with Crippen LogP contribution in [-0.4, -0.2) is 57.1 Å². The first-order valence-corrected chi connectivity index (χ1v) is 10.9. The molecule has 0 saturated carbocycles. The summed E-state index contributed by atoms with van der Waals surface area (Å²) in [6.07, 6.45) is 0.399. The van der Waals surface area contributed by atoms with E-state index in [-0.39, 0.29) is 13.2 Å². The SMILES string of the molecule is COc1ccc2cc(-c3ccc(C4(OCCCO[N+](=O)[O-])CN(C)CCO4)cc3)ccc2c1. The number of benzene rings is 3. The molecule has 8 nitrogen and oxygen atoms in total. The molecule has 0 spiro atoms. The maximum Gasteiger partial charge on any atom is 0.294 e. The van der Waals surface area contributed by atoms with E-state index in [1.807, 2.05) is 31.3 Å². The van der Waals surface area contributed by atoms with Gasteiger partial charge in [0.1, 0.15) is 5.75 Å². The number of morpholine rings is 1. The van der Waals surface area contributed by atoms with E-state index in [1.165, 1.54) is 0 Å². The molecule has 4 rings (SSSR count). The fourth-order valence-corrected chi connectivity index (χ4v) is 4.07. The molecule has 3 aromatic carbocycles. The number of likely N-dealkylation sites (N-methyl/N-ethyl adjacent to an activating group) is 1. The summed E-state index contributed by atoms with van der Waals surface area (Å²) in [4.78, 5) is 16.9. The molecule has 174 valence electrons. The van der Waals surface area contributed by atoms with Gasteiger partial charge in [0, 0.05) is 12.1 Å². The predicted molar refractivity (Wildman–Crippen MR) is 125 cm³/mol. The molecule has 0 N–H and O–H groups in total. The monoisotopic (exact) mass is 452 g/mol. The molecule has 0 aromatic heterocycles. The molecule has 3 aromatic rings. The topological polar surface area (TPSA) is 83.3 Å². The highest BCUT2D eigenvalue weighted by Crippen LogP contribution is 2.33.